The first-order valence-corrected chi connectivity index (χ1v) is 3.50. The molecule has 0 aromatic rings. The van der Waals surface area contributed by atoms with E-state index in [1.54, 1.807) is 6.92 Å². The summed E-state index contributed by atoms with van der Waals surface area (Å²) < 4.78 is 4.65. The lowest BCUT2D eigenvalue weighted by molar-refractivity contribution is -0.146. The number of esters is 1. The van der Waals surface area contributed by atoms with Crippen molar-refractivity contribution in [3.63, 3.8) is 0 Å². The predicted octanol–water partition coefficient (Wildman–Crippen LogP) is 0.710. The summed E-state index contributed by atoms with van der Waals surface area (Å²) in [5.74, 6) is -0.233. The second kappa shape index (κ2) is 5.23. The molecular weight excluding hydrogens is 132 g/mol. The SMILES string of the molecule is CCCC(=O)OC[C@H](C)O. The van der Waals surface area contributed by atoms with E-state index in [9.17, 15) is 4.79 Å². The van der Waals surface area contributed by atoms with Gasteiger partial charge >= 0.3 is 5.97 Å². The zero-order valence-corrected chi connectivity index (χ0v) is 6.46. The van der Waals surface area contributed by atoms with Gasteiger partial charge in [-0.3, -0.25) is 4.79 Å². The fourth-order valence-corrected chi connectivity index (χ4v) is 0.490. The molecular formula is C7H14O3. The highest BCUT2D eigenvalue weighted by Crippen LogP contribution is 1.92. The van der Waals surface area contributed by atoms with Gasteiger partial charge in [0.15, 0.2) is 0 Å². The first kappa shape index (κ1) is 9.43. The molecule has 0 amide bonds. The fraction of sp³-hybridized carbons (Fsp3) is 0.857. The number of aliphatic hydroxyl groups excluding tert-OH is 1. The zero-order valence-electron chi connectivity index (χ0n) is 6.46. The lowest BCUT2D eigenvalue weighted by Gasteiger charge is -2.04. The summed E-state index contributed by atoms with van der Waals surface area (Å²) in [5.41, 5.74) is 0. The van der Waals surface area contributed by atoms with Crippen molar-refractivity contribution < 1.29 is 14.6 Å². The molecule has 0 aliphatic heterocycles. The fourth-order valence-electron chi connectivity index (χ4n) is 0.490. The van der Waals surface area contributed by atoms with E-state index in [1.165, 1.54) is 0 Å². The lowest BCUT2D eigenvalue weighted by atomic mass is 10.3. The van der Waals surface area contributed by atoms with Crippen LogP contribution in [0.5, 0.6) is 0 Å². The molecule has 0 bridgehead atoms. The number of carbonyl (C=O) groups excluding carboxylic acids is 1. The topological polar surface area (TPSA) is 46.5 Å². The highest BCUT2D eigenvalue weighted by molar-refractivity contribution is 5.69. The highest BCUT2D eigenvalue weighted by Gasteiger charge is 2.01. The summed E-state index contributed by atoms with van der Waals surface area (Å²) in [7, 11) is 0. The molecule has 0 fully saturated rings. The summed E-state index contributed by atoms with van der Waals surface area (Å²) >= 11 is 0. The third kappa shape index (κ3) is 5.56. The molecule has 0 rings (SSSR count). The molecule has 0 saturated carbocycles. The van der Waals surface area contributed by atoms with E-state index in [4.69, 9.17) is 5.11 Å². The van der Waals surface area contributed by atoms with Crippen LogP contribution < -0.4 is 0 Å². The minimum Gasteiger partial charge on any atom is -0.463 e. The van der Waals surface area contributed by atoms with Crippen molar-refractivity contribution in [1.29, 1.82) is 0 Å². The van der Waals surface area contributed by atoms with Gasteiger partial charge in [0.2, 0.25) is 0 Å². The second-order valence-electron chi connectivity index (χ2n) is 2.28. The molecule has 0 heterocycles. The Hall–Kier alpha value is -0.570. The number of carbonyl (C=O) groups is 1. The molecule has 3 nitrogen and oxygen atoms in total. The Morgan fingerprint density at radius 2 is 2.30 bits per heavy atom. The smallest absolute Gasteiger partial charge is 0.305 e. The van der Waals surface area contributed by atoms with E-state index in [1.807, 2.05) is 6.92 Å². The Labute approximate surface area is 61.0 Å². The zero-order chi connectivity index (χ0) is 7.98. The molecule has 1 atom stereocenters. The predicted molar refractivity (Wildman–Crippen MR) is 37.5 cm³/mol. The van der Waals surface area contributed by atoms with Crippen LogP contribution in [0.2, 0.25) is 0 Å². The maximum atomic E-state index is 10.6. The summed E-state index contributed by atoms with van der Waals surface area (Å²) in [6.45, 7) is 3.60. The third-order valence-electron chi connectivity index (χ3n) is 0.940. The van der Waals surface area contributed by atoms with Gasteiger partial charge in [0.1, 0.15) is 6.61 Å². The van der Waals surface area contributed by atoms with Gasteiger partial charge in [-0.15, -0.1) is 0 Å². The summed E-state index contributed by atoms with van der Waals surface area (Å²) in [6, 6.07) is 0. The summed E-state index contributed by atoms with van der Waals surface area (Å²) in [5, 5.41) is 8.69. The van der Waals surface area contributed by atoms with E-state index in [0.29, 0.717) is 6.42 Å². The van der Waals surface area contributed by atoms with Gasteiger partial charge in [0, 0.05) is 6.42 Å². The summed E-state index contributed by atoms with van der Waals surface area (Å²) in [6.07, 6.45) is 0.673. The van der Waals surface area contributed by atoms with Crippen LogP contribution in [0.1, 0.15) is 26.7 Å². The quantitative estimate of drug-likeness (QED) is 0.594. The van der Waals surface area contributed by atoms with Gasteiger partial charge in [-0.1, -0.05) is 6.92 Å². The van der Waals surface area contributed by atoms with E-state index in [2.05, 4.69) is 4.74 Å². The van der Waals surface area contributed by atoms with Crippen molar-refractivity contribution in [2.24, 2.45) is 0 Å². The monoisotopic (exact) mass is 146 g/mol. The Kier molecular flexibility index (Phi) is 4.94. The van der Waals surface area contributed by atoms with Crippen LogP contribution in [-0.4, -0.2) is 23.8 Å². The van der Waals surface area contributed by atoms with Crippen molar-refractivity contribution in [3.05, 3.63) is 0 Å². The average Bonchev–Trinajstić information content (AvgIpc) is 1.85. The molecule has 0 aromatic heterocycles. The van der Waals surface area contributed by atoms with Gasteiger partial charge in [-0.05, 0) is 13.3 Å². The Morgan fingerprint density at radius 3 is 2.70 bits per heavy atom. The first-order valence-electron chi connectivity index (χ1n) is 3.50. The van der Waals surface area contributed by atoms with Crippen molar-refractivity contribution >= 4 is 5.97 Å². The van der Waals surface area contributed by atoms with Crippen LogP contribution in [0.4, 0.5) is 0 Å². The first-order chi connectivity index (χ1) is 4.66. The van der Waals surface area contributed by atoms with Gasteiger partial charge in [0.05, 0.1) is 6.10 Å². The second-order valence-corrected chi connectivity index (χ2v) is 2.28. The van der Waals surface area contributed by atoms with Crippen LogP contribution in [0.3, 0.4) is 0 Å². The van der Waals surface area contributed by atoms with Gasteiger partial charge in [-0.25, -0.2) is 0 Å². The molecule has 60 valence electrons. The molecule has 0 aromatic carbocycles. The van der Waals surface area contributed by atoms with E-state index >= 15 is 0 Å². The standard InChI is InChI=1S/C7H14O3/c1-3-4-7(9)10-5-6(2)8/h6,8H,3-5H2,1-2H3/t6-/m0/s1. The molecule has 0 radical (unpaired) electrons. The molecule has 0 saturated heterocycles. The minimum absolute atomic E-state index is 0.110. The third-order valence-corrected chi connectivity index (χ3v) is 0.940. The van der Waals surface area contributed by atoms with Crippen LogP contribution in [0, 0.1) is 0 Å². The van der Waals surface area contributed by atoms with Crippen molar-refractivity contribution in [2.45, 2.75) is 32.8 Å². The highest BCUT2D eigenvalue weighted by atomic mass is 16.5. The van der Waals surface area contributed by atoms with Crippen LogP contribution in [0.15, 0.2) is 0 Å². The largest absolute Gasteiger partial charge is 0.463 e. The number of hydrogen-bond acceptors (Lipinski definition) is 3. The van der Waals surface area contributed by atoms with E-state index < -0.39 is 6.10 Å². The molecule has 0 aliphatic rings. The lowest BCUT2D eigenvalue weighted by Crippen LogP contribution is -2.14. The van der Waals surface area contributed by atoms with Crippen molar-refractivity contribution in [2.75, 3.05) is 6.61 Å². The molecule has 3 heteroatoms. The Morgan fingerprint density at radius 1 is 1.70 bits per heavy atom. The van der Waals surface area contributed by atoms with Crippen LogP contribution in [0.25, 0.3) is 0 Å². The minimum atomic E-state index is -0.555. The van der Waals surface area contributed by atoms with E-state index in [-0.39, 0.29) is 12.6 Å². The Balaban J connectivity index is 3.22. The number of rotatable bonds is 4. The average molecular weight is 146 g/mol. The number of aliphatic hydroxyl groups is 1. The van der Waals surface area contributed by atoms with Crippen LogP contribution >= 0.6 is 0 Å². The Bertz CT molecular complexity index is 99.0. The van der Waals surface area contributed by atoms with Crippen molar-refractivity contribution in [1.82, 2.24) is 0 Å². The number of ether oxygens (including phenoxy) is 1. The molecule has 0 spiro atoms. The van der Waals surface area contributed by atoms with Gasteiger partial charge in [-0.2, -0.15) is 0 Å². The summed E-state index contributed by atoms with van der Waals surface area (Å²) in [4.78, 5) is 10.6. The van der Waals surface area contributed by atoms with Gasteiger partial charge < -0.3 is 9.84 Å². The molecule has 0 unspecified atom stereocenters. The molecule has 10 heavy (non-hydrogen) atoms. The van der Waals surface area contributed by atoms with Gasteiger partial charge in [0.25, 0.3) is 0 Å². The normalized spacial score (nSPS) is 12.7. The van der Waals surface area contributed by atoms with Crippen molar-refractivity contribution in [3.8, 4) is 0 Å². The maximum absolute atomic E-state index is 10.6. The molecule has 0 aliphatic carbocycles. The van der Waals surface area contributed by atoms with E-state index in [0.717, 1.165) is 6.42 Å². The number of hydrogen-bond donors (Lipinski definition) is 1. The maximum Gasteiger partial charge on any atom is 0.305 e. The van der Waals surface area contributed by atoms with Crippen LogP contribution in [-0.2, 0) is 9.53 Å². The molecule has 1 N–H and O–H groups in total.